The Morgan fingerprint density at radius 2 is 1.95 bits per heavy atom. The van der Waals surface area contributed by atoms with Crippen LogP contribution in [0.3, 0.4) is 0 Å². The molecule has 0 fully saturated rings. The highest BCUT2D eigenvalue weighted by Gasteiger charge is 2.09. The van der Waals surface area contributed by atoms with Crippen molar-refractivity contribution in [3.63, 3.8) is 0 Å². The molecule has 0 aliphatic rings. The highest BCUT2D eigenvalue weighted by atomic mass is 79.9. The first-order chi connectivity index (χ1) is 10.1. The lowest BCUT2D eigenvalue weighted by molar-refractivity contribution is 0.0952. The third-order valence-electron chi connectivity index (χ3n) is 3.27. The van der Waals surface area contributed by atoms with Crippen LogP contribution in [0.2, 0.25) is 0 Å². The van der Waals surface area contributed by atoms with Crippen LogP contribution in [0.25, 0.3) is 0 Å². The summed E-state index contributed by atoms with van der Waals surface area (Å²) < 4.78 is 0.911. The van der Waals surface area contributed by atoms with Crippen LogP contribution in [0.15, 0.2) is 53.0 Å². The van der Waals surface area contributed by atoms with Crippen molar-refractivity contribution >= 4 is 21.8 Å². The molecule has 1 unspecified atom stereocenters. The van der Waals surface area contributed by atoms with E-state index in [9.17, 15) is 4.79 Å². The molecule has 0 saturated heterocycles. The van der Waals surface area contributed by atoms with Crippen molar-refractivity contribution in [2.75, 3.05) is 6.54 Å². The molecule has 2 rings (SSSR count). The van der Waals surface area contributed by atoms with E-state index >= 15 is 0 Å². The van der Waals surface area contributed by atoms with Crippen molar-refractivity contribution in [2.24, 2.45) is 5.73 Å². The number of nitrogens with two attached hydrogens (primary N) is 1. The van der Waals surface area contributed by atoms with Crippen molar-refractivity contribution in [1.29, 1.82) is 0 Å². The molecule has 0 saturated carbocycles. The van der Waals surface area contributed by atoms with Crippen LogP contribution >= 0.6 is 15.9 Å². The number of carbonyl (C=O) groups excluding carboxylic acids is 1. The molecule has 4 heteroatoms. The van der Waals surface area contributed by atoms with Crippen LogP contribution in [0.1, 0.15) is 33.9 Å². The molecule has 3 N–H and O–H groups in total. The van der Waals surface area contributed by atoms with E-state index in [0.29, 0.717) is 18.5 Å². The Labute approximate surface area is 133 Å². The normalized spacial score (nSPS) is 12.0. The molecular weight excluding hydrogens is 328 g/mol. The van der Waals surface area contributed by atoms with Gasteiger partial charge in [0.2, 0.25) is 0 Å². The minimum atomic E-state index is -0.0698. The van der Waals surface area contributed by atoms with Crippen molar-refractivity contribution < 1.29 is 4.79 Å². The maximum atomic E-state index is 12.1. The van der Waals surface area contributed by atoms with Gasteiger partial charge in [-0.25, -0.2) is 0 Å². The third kappa shape index (κ3) is 4.69. The highest BCUT2D eigenvalue weighted by Crippen LogP contribution is 2.16. The smallest absolute Gasteiger partial charge is 0.251 e. The van der Waals surface area contributed by atoms with E-state index in [2.05, 4.69) is 21.2 Å². The van der Waals surface area contributed by atoms with E-state index in [1.54, 1.807) is 0 Å². The number of benzene rings is 2. The third-order valence-corrected chi connectivity index (χ3v) is 3.73. The second kappa shape index (κ2) is 7.38. The van der Waals surface area contributed by atoms with Gasteiger partial charge >= 0.3 is 0 Å². The summed E-state index contributed by atoms with van der Waals surface area (Å²) in [4.78, 5) is 12.1. The SMILES string of the molecule is Cc1cc(Br)cc(C(=O)NCCC(N)c2ccccc2)c1. The maximum absolute atomic E-state index is 12.1. The summed E-state index contributed by atoms with van der Waals surface area (Å²) in [7, 11) is 0. The molecule has 0 heterocycles. The molecule has 0 aliphatic carbocycles. The second-order valence-corrected chi connectivity index (χ2v) is 5.99. The number of halogens is 1. The van der Waals surface area contributed by atoms with Crippen LogP contribution in [-0.2, 0) is 0 Å². The predicted molar refractivity (Wildman–Crippen MR) is 89.2 cm³/mol. The van der Waals surface area contributed by atoms with Crippen molar-refractivity contribution in [1.82, 2.24) is 5.32 Å². The molecule has 0 spiro atoms. The minimum Gasteiger partial charge on any atom is -0.352 e. The van der Waals surface area contributed by atoms with Crippen molar-refractivity contribution in [3.8, 4) is 0 Å². The van der Waals surface area contributed by atoms with Crippen LogP contribution < -0.4 is 11.1 Å². The summed E-state index contributed by atoms with van der Waals surface area (Å²) in [5, 5.41) is 2.91. The van der Waals surface area contributed by atoms with Gasteiger partial charge in [0, 0.05) is 22.6 Å². The highest BCUT2D eigenvalue weighted by molar-refractivity contribution is 9.10. The zero-order valence-corrected chi connectivity index (χ0v) is 13.6. The van der Waals surface area contributed by atoms with Gasteiger partial charge in [0.25, 0.3) is 5.91 Å². The van der Waals surface area contributed by atoms with Gasteiger partial charge in [-0.05, 0) is 42.7 Å². The number of hydrogen-bond donors (Lipinski definition) is 2. The molecule has 1 atom stereocenters. The van der Waals surface area contributed by atoms with Crippen molar-refractivity contribution in [3.05, 3.63) is 69.7 Å². The number of aryl methyl sites for hydroxylation is 1. The Kier molecular flexibility index (Phi) is 5.53. The first-order valence-electron chi connectivity index (χ1n) is 6.92. The zero-order chi connectivity index (χ0) is 15.2. The molecule has 2 aromatic rings. The largest absolute Gasteiger partial charge is 0.352 e. The van der Waals surface area contributed by atoms with E-state index < -0.39 is 0 Å². The Balaban J connectivity index is 1.87. The average molecular weight is 347 g/mol. The van der Waals surface area contributed by atoms with Gasteiger partial charge in [-0.1, -0.05) is 46.3 Å². The first kappa shape index (κ1) is 15.7. The monoisotopic (exact) mass is 346 g/mol. The molecule has 2 aromatic carbocycles. The summed E-state index contributed by atoms with van der Waals surface area (Å²) in [5.41, 5.74) is 8.91. The molecule has 0 aromatic heterocycles. The van der Waals surface area contributed by atoms with E-state index in [0.717, 1.165) is 15.6 Å². The van der Waals surface area contributed by atoms with Crippen LogP contribution in [0.5, 0.6) is 0 Å². The van der Waals surface area contributed by atoms with Gasteiger partial charge in [0.1, 0.15) is 0 Å². The van der Waals surface area contributed by atoms with Gasteiger partial charge in [-0.2, -0.15) is 0 Å². The molecule has 1 amide bonds. The quantitative estimate of drug-likeness (QED) is 0.869. The standard InChI is InChI=1S/C17H19BrN2O/c1-12-9-14(11-15(18)10-12)17(21)20-8-7-16(19)13-5-3-2-4-6-13/h2-6,9-11,16H,7-8,19H2,1H3,(H,20,21). The molecule has 0 aliphatic heterocycles. The fraction of sp³-hybridized carbons (Fsp3) is 0.235. The van der Waals surface area contributed by atoms with Crippen LogP contribution in [0.4, 0.5) is 0 Å². The molecule has 0 radical (unpaired) electrons. The number of hydrogen-bond acceptors (Lipinski definition) is 2. The number of nitrogens with one attached hydrogen (secondary N) is 1. The lowest BCUT2D eigenvalue weighted by atomic mass is 10.0. The average Bonchev–Trinajstić information content (AvgIpc) is 2.47. The predicted octanol–water partition coefficient (Wildman–Crippen LogP) is 3.58. The van der Waals surface area contributed by atoms with Gasteiger partial charge < -0.3 is 11.1 Å². The fourth-order valence-corrected chi connectivity index (χ4v) is 2.79. The lowest BCUT2D eigenvalue weighted by Crippen LogP contribution is -2.27. The van der Waals surface area contributed by atoms with Gasteiger partial charge in [-0.3, -0.25) is 4.79 Å². The summed E-state index contributed by atoms with van der Waals surface area (Å²) in [6, 6.07) is 15.5. The zero-order valence-electron chi connectivity index (χ0n) is 12.0. The second-order valence-electron chi connectivity index (χ2n) is 5.08. The summed E-state index contributed by atoms with van der Waals surface area (Å²) in [6.07, 6.45) is 0.711. The maximum Gasteiger partial charge on any atom is 0.251 e. The number of rotatable bonds is 5. The Morgan fingerprint density at radius 3 is 2.62 bits per heavy atom. The van der Waals surface area contributed by atoms with Crippen LogP contribution in [-0.4, -0.2) is 12.5 Å². The van der Waals surface area contributed by atoms with Gasteiger partial charge in [0.05, 0.1) is 0 Å². The molecule has 3 nitrogen and oxygen atoms in total. The number of amides is 1. The van der Waals surface area contributed by atoms with Gasteiger partial charge in [-0.15, -0.1) is 0 Å². The van der Waals surface area contributed by atoms with E-state index in [1.807, 2.05) is 55.5 Å². The van der Waals surface area contributed by atoms with E-state index in [1.165, 1.54) is 0 Å². The lowest BCUT2D eigenvalue weighted by Gasteiger charge is -2.12. The number of carbonyl (C=O) groups is 1. The van der Waals surface area contributed by atoms with E-state index in [-0.39, 0.29) is 11.9 Å². The molecule has 0 bridgehead atoms. The summed E-state index contributed by atoms with van der Waals surface area (Å²) >= 11 is 3.40. The molecule has 110 valence electrons. The summed E-state index contributed by atoms with van der Waals surface area (Å²) in [5.74, 6) is -0.0698. The van der Waals surface area contributed by atoms with Gasteiger partial charge in [0.15, 0.2) is 0 Å². The topological polar surface area (TPSA) is 55.1 Å². The summed E-state index contributed by atoms with van der Waals surface area (Å²) in [6.45, 7) is 2.52. The molecule has 21 heavy (non-hydrogen) atoms. The minimum absolute atomic E-state index is 0.0595. The Hall–Kier alpha value is -1.65. The Morgan fingerprint density at radius 1 is 1.24 bits per heavy atom. The van der Waals surface area contributed by atoms with Crippen LogP contribution in [0, 0.1) is 6.92 Å². The van der Waals surface area contributed by atoms with E-state index in [4.69, 9.17) is 5.73 Å². The van der Waals surface area contributed by atoms with Crippen molar-refractivity contribution in [2.45, 2.75) is 19.4 Å². The fourth-order valence-electron chi connectivity index (χ4n) is 2.18. The molecular formula is C17H19BrN2O. The first-order valence-corrected chi connectivity index (χ1v) is 7.71. The Bertz CT molecular complexity index is 593.